The maximum atomic E-state index is 11.8. The van der Waals surface area contributed by atoms with E-state index in [0.717, 1.165) is 44.8 Å². The third kappa shape index (κ3) is 2.85. The third-order valence-corrected chi connectivity index (χ3v) is 6.03. The highest BCUT2D eigenvalue weighted by molar-refractivity contribution is 5.86. The lowest BCUT2D eigenvalue weighted by atomic mass is 9.74. The average Bonchev–Trinajstić information content (AvgIpc) is 3.27. The lowest BCUT2D eigenvalue weighted by Gasteiger charge is -2.39. The third-order valence-electron chi connectivity index (χ3n) is 6.03. The number of amides is 1. The van der Waals surface area contributed by atoms with Crippen LogP contribution in [0.1, 0.15) is 30.4 Å². The largest absolute Gasteiger partial charge is 0.358 e. The number of rotatable bonds is 3. The maximum Gasteiger partial charge on any atom is 0.242 e. The van der Waals surface area contributed by atoms with Crippen LogP contribution in [-0.4, -0.2) is 41.6 Å². The van der Waals surface area contributed by atoms with Crippen molar-refractivity contribution >= 4 is 23.7 Å². The van der Waals surface area contributed by atoms with Gasteiger partial charge in [0.1, 0.15) is 11.9 Å². The highest BCUT2D eigenvalue weighted by Gasteiger charge is 2.38. The molecule has 5 rings (SSSR count). The van der Waals surface area contributed by atoms with Gasteiger partial charge in [0, 0.05) is 31.2 Å². The highest BCUT2D eigenvalue weighted by atomic mass is 16.2. The molecule has 0 saturated carbocycles. The summed E-state index contributed by atoms with van der Waals surface area (Å²) in [5.41, 5.74) is 2.96. The number of fused-ring (bicyclic) bond motifs is 2. The summed E-state index contributed by atoms with van der Waals surface area (Å²) in [5.74, 6) is 1.50. The standard InChI is InChI=1S/C21H23N5O/c27-19-17(6-11-22-19)24-18-7-12-23-20(25-18)26-13-9-21(10-14-26)8-5-15-3-1-2-4-16(15)21/h1-5,7-8,12,17H,6,9-11,13-14H2,(H,22,27)(H,23,24,25)/t17-/m0/s1. The van der Waals surface area contributed by atoms with Crippen LogP contribution in [0.4, 0.5) is 11.8 Å². The van der Waals surface area contributed by atoms with Gasteiger partial charge in [-0.25, -0.2) is 4.98 Å². The Bertz CT molecular complexity index is 901. The fraction of sp³-hybridized carbons (Fsp3) is 0.381. The number of allylic oxidation sites excluding steroid dienone is 1. The van der Waals surface area contributed by atoms with Crippen molar-refractivity contribution in [2.75, 3.05) is 29.9 Å². The lowest BCUT2D eigenvalue weighted by Crippen LogP contribution is -2.41. The van der Waals surface area contributed by atoms with E-state index in [9.17, 15) is 4.79 Å². The zero-order valence-electron chi connectivity index (χ0n) is 15.2. The van der Waals surface area contributed by atoms with E-state index >= 15 is 0 Å². The second-order valence-corrected chi connectivity index (χ2v) is 7.58. The van der Waals surface area contributed by atoms with Gasteiger partial charge in [0.15, 0.2) is 0 Å². The number of nitrogens with zero attached hydrogens (tertiary/aromatic N) is 3. The van der Waals surface area contributed by atoms with Crippen LogP contribution in [0.2, 0.25) is 0 Å². The molecule has 6 heteroatoms. The number of anilines is 2. The van der Waals surface area contributed by atoms with E-state index in [-0.39, 0.29) is 17.4 Å². The number of aromatic nitrogens is 2. The first-order chi connectivity index (χ1) is 13.2. The molecule has 2 saturated heterocycles. The Labute approximate surface area is 158 Å². The second kappa shape index (κ2) is 6.37. The SMILES string of the molecule is O=C1NCC[C@@H]1Nc1ccnc(N2CCC3(C=Cc4ccccc43)CC2)n1. The quantitative estimate of drug-likeness (QED) is 0.878. The van der Waals surface area contributed by atoms with Crippen LogP contribution in [0.3, 0.4) is 0 Å². The second-order valence-electron chi connectivity index (χ2n) is 7.58. The molecule has 1 aliphatic carbocycles. The molecule has 1 amide bonds. The Morgan fingerprint density at radius 3 is 2.85 bits per heavy atom. The van der Waals surface area contributed by atoms with Gasteiger partial charge in [-0.05, 0) is 36.5 Å². The van der Waals surface area contributed by atoms with E-state index in [4.69, 9.17) is 0 Å². The Kier molecular flexibility index (Phi) is 3.85. The Hall–Kier alpha value is -2.89. The summed E-state index contributed by atoms with van der Waals surface area (Å²) in [7, 11) is 0. The molecule has 0 radical (unpaired) electrons. The van der Waals surface area contributed by atoms with Gasteiger partial charge in [-0.3, -0.25) is 4.79 Å². The number of hydrogen-bond acceptors (Lipinski definition) is 5. The van der Waals surface area contributed by atoms with Crippen molar-refractivity contribution < 1.29 is 4.79 Å². The summed E-state index contributed by atoms with van der Waals surface area (Å²) in [6.07, 6.45) is 9.33. The van der Waals surface area contributed by atoms with E-state index in [0.29, 0.717) is 5.82 Å². The summed E-state index contributed by atoms with van der Waals surface area (Å²) in [5, 5.41) is 6.07. The predicted octanol–water partition coefficient (Wildman–Crippen LogP) is 2.34. The van der Waals surface area contributed by atoms with Crippen molar-refractivity contribution in [3.63, 3.8) is 0 Å². The molecule has 0 unspecified atom stereocenters. The van der Waals surface area contributed by atoms with Gasteiger partial charge >= 0.3 is 0 Å². The monoisotopic (exact) mass is 361 g/mol. The zero-order valence-corrected chi connectivity index (χ0v) is 15.2. The van der Waals surface area contributed by atoms with Crippen LogP contribution in [-0.2, 0) is 10.2 Å². The molecule has 1 atom stereocenters. The Balaban J connectivity index is 1.30. The van der Waals surface area contributed by atoms with Crippen LogP contribution < -0.4 is 15.5 Å². The topological polar surface area (TPSA) is 70.2 Å². The van der Waals surface area contributed by atoms with Gasteiger partial charge in [0.05, 0.1) is 0 Å². The van der Waals surface area contributed by atoms with Crippen LogP contribution in [0.25, 0.3) is 6.08 Å². The number of carbonyl (C=O) groups is 1. The van der Waals surface area contributed by atoms with Crippen LogP contribution >= 0.6 is 0 Å². The summed E-state index contributed by atoms with van der Waals surface area (Å²) >= 11 is 0. The number of hydrogen-bond donors (Lipinski definition) is 2. The van der Waals surface area contributed by atoms with Gasteiger partial charge in [0.2, 0.25) is 11.9 Å². The van der Waals surface area contributed by atoms with Gasteiger partial charge in [-0.1, -0.05) is 36.4 Å². The summed E-state index contributed by atoms with van der Waals surface area (Å²) < 4.78 is 0. The first-order valence-electron chi connectivity index (χ1n) is 9.65. The van der Waals surface area contributed by atoms with Crippen LogP contribution in [0.15, 0.2) is 42.6 Å². The molecule has 2 N–H and O–H groups in total. The molecule has 27 heavy (non-hydrogen) atoms. The van der Waals surface area contributed by atoms with Crippen molar-refractivity contribution in [3.8, 4) is 0 Å². The van der Waals surface area contributed by atoms with Crippen LogP contribution in [0.5, 0.6) is 0 Å². The van der Waals surface area contributed by atoms with Crippen molar-refractivity contribution in [3.05, 3.63) is 53.7 Å². The summed E-state index contributed by atoms with van der Waals surface area (Å²) in [4.78, 5) is 23.2. The van der Waals surface area contributed by atoms with Crippen molar-refractivity contribution in [1.29, 1.82) is 0 Å². The minimum absolute atomic E-state index is 0.0433. The van der Waals surface area contributed by atoms with Gasteiger partial charge in [0.25, 0.3) is 0 Å². The molecule has 2 fully saturated rings. The van der Waals surface area contributed by atoms with Crippen LogP contribution in [0, 0.1) is 0 Å². The maximum absolute atomic E-state index is 11.8. The molecule has 1 spiro atoms. The first kappa shape index (κ1) is 16.3. The van der Waals surface area contributed by atoms with Gasteiger partial charge in [-0.2, -0.15) is 4.98 Å². The van der Waals surface area contributed by atoms with Crippen molar-refractivity contribution in [2.45, 2.75) is 30.7 Å². The molecule has 3 aliphatic rings. The molecule has 138 valence electrons. The minimum atomic E-state index is -0.197. The number of benzene rings is 1. The van der Waals surface area contributed by atoms with E-state index in [1.165, 1.54) is 11.1 Å². The average molecular weight is 361 g/mol. The molecular formula is C21H23N5O. The Morgan fingerprint density at radius 1 is 1.19 bits per heavy atom. The highest BCUT2D eigenvalue weighted by Crippen LogP contribution is 2.43. The molecule has 3 heterocycles. The summed E-state index contributed by atoms with van der Waals surface area (Å²) in [6, 6.07) is 10.3. The molecule has 2 aliphatic heterocycles. The smallest absolute Gasteiger partial charge is 0.242 e. The Morgan fingerprint density at radius 2 is 2.04 bits per heavy atom. The number of piperidine rings is 1. The molecule has 1 aromatic heterocycles. The minimum Gasteiger partial charge on any atom is -0.358 e. The molecule has 0 bridgehead atoms. The number of carbonyl (C=O) groups excluding carboxylic acids is 1. The molecule has 2 aromatic rings. The lowest BCUT2D eigenvalue weighted by molar-refractivity contribution is -0.119. The normalized spacial score (nSPS) is 22.7. The number of nitrogens with one attached hydrogen (secondary N) is 2. The van der Waals surface area contributed by atoms with Crippen molar-refractivity contribution in [2.24, 2.45) is 0 Å². The first-order valence-corrected chi connectivity index (χ1v) is 9.65. The van der Waals surface area contributed by atoms with Crippen molar-refractivity contribution in [1.82, 2.24) is 15.3 Å². The molecule has 6 nitrogen and oxygen atoms in total. The van der Waals surface area contributed by atoms with Gasteiger partial charge in [-0.15, -0.1) is 0 Å². The molecular weight excluding hydrogens is 338 g/mol. The van der Waals surface area contributed by atoms with Gasteiger partial charge < -0.3 is 15.5 Å². The predicted molar refractivity (Wildman–Crippen MR) is 106 cm³/mol. The van der Waals surface area contributed by atoms with E-state index in [1.807, 2.05) is 6.07 Å². The molecule has 1 aromatic carbocycles. The fourth-order valence-corrected chi connectivity index (χ4v) is 4.47. The zero-order chi connectivity index (χ0) is 18.3. The summed E-state index contributed by atoms with van der Waals surface area (Å²) in [6.45, 7) is 2.57. The fourth-order valence-electron chi connectivity index (χ4n) is 4.47. The van der Waals surface area contributed by atoms with E-state index in [2.05, 4.69) is 61.9 Å². The van der Waals surface area contributed by atoms with E-state index in [1.54, 1.807) is 6.20 Å². The van der Waals surface area contributed by atoms with E-state index < -0.39 is 0 Å².